The smallest absolute Gasteiger partial charge is 0.348 e. The number of carbonyl (C=O) groups excluding carboxylic acids is 1. The summed E-state index contributed by atoms with van der Waals surface area (Å²) in [6.07, 6.45) is 0. The van der Waals surface area contributed by atoms with E-state index in [0.29, 0.717) is 22.3 Å². The van der Waals surface area contributed by atoms with Gasteiger partial charge in [-0.05, 0) is 29.8 Å². The molecule has 2 aromatic carbocycles. The summed E-state index contributed by atoms with van der Waals surface area (Å²) in [4.78, 5) is 23.9. The fraction of sp³-hybridized carbons (Fsp3) is 0.111. The zero-order chi connectivity index (χ0) is 16.4. The number of ether oxygens (including phenoxy) is 2. The van der Waals surface area contributed by atoms with Crippen molar-refractivity contribution in [1.29, 1.82) is 0 Å². The summed E-state index contributed by atoms with van der Waals surface area (Å²) in [5.74, 6) is 0.359. The molecular weight excluding hydrogens is 296 g/mol. The lowest BCUT2D eigenvalue weighted by Gasteiger charge is -2.11. The maximum absolute atomic E-state index is 12.4. The number of para-hydroxylation sites is 1. The van der Waals surface area contributed by atoms with Crippen LogP contribution in [0.5, 0.6) is 11.5 Å². The lowest BCUT2D eigenvalue weighted by molar-refractivity contribution is -0.131. The Kier molecular flexibility index (Phi) is 3.85. The predicted octanol–water partition coefficient (Wildman–Crippen LogP) is 3.39. The van der Waals surface area contributed by atoms with Gasteiger partial charge in [0.1, 0.15) is 16.9 Å². The van der Waals surface area contributed by atoms with E-state index < -0.39 is 11.6 Å². The molecule has 116 valence electrons. The van der Waals surface area contributed by atoms with Gasteiger partial charge >= 0.3 is 11.6 Å². The van der Waals surface area contributed by atoms with Crippen LogP contribution in [0, 0.1) is 0 Å². The quantitative estimate of drug-likeness (QED) is 0.548. The molecule has 0 amide bonds. The van der Waals surface area contributed by atoms with E-state index in [0.717, 1.165) is 0 Å². The average molecular weight is 310 g/mol. The second-order valence-electron chi connectivity index (χ2n) is 4.91. The van der Waals surface area contributed by atoms with Crippen molar-refractivity contribution in [3.8, 4) is 22.6 Å². The number of hydrogen-bond donors (Lipinski definition) is 0. The van der Waals surface area contributed by atoms with Gasteiger partial charge in [0, 0.05) is 6.92 Å². The molecule has 5 nitrogen and oxygen atoms in total. The van der Waals surface area contributed by atoms with Gasteiger partial charge in [-0.25, -0.2) is 4.79 Å². The Morgan fingerprint density at radius 1 is 1.04 bits per heavy atom. The Morgan fingerprint density at radius 3 is 2.39 bits per heavy atom. The van der Waals surface area contributed by atoms with Crippen molar-refractivity contribution in [3.63, 3.8) is 0 Å². The maximum atomic E-state index is 12.4. The van der Waals surface area contributed by atoms with Crippen molar-refractivity contribution in [2.24, 2.45) is 0 Å². The SMILES string of the molecule is COc1ccc(-c2c(OC(C)=O)c3ccccc3oc2=O)cc1. The second kappa shape index (κ2) is 5.96. The summed E-state index contributed by atoms with van der Waals surface area (Å²) in [6.45, 7) is 1.29. The summed E-state index contributed by atoms with van der Waals surface area (Å²) in [5, 5.41) is 0.563. The summed E-state index contributed by atoms with van der Waals surface area (Å²) in [7, 11) is 1.56. The van der Waals surface area contributed by atoms with Gasteiger partial charge in [-0.1, -0.05) is 24.3 Å². The third kappa shape index (κ3) is 2.81. The van der Waals surface area contributed by atoms with Crippen molar-refractivity contribution < 1.29 is 18.7 Å². The van der Waals surface area contributed by atoms with Gasteiger partial charge in [-0.3, -0.25) is 4.79 Å². The van der Waals surface area contributed by atoms with Crippen LogP contribution in [0.15, 0.2) is 57.7 Å². The third-order valence-electron chi connectivity index (χ3n) is 3.39. The molecule has 0 spiro atoms. The molecule has 0 fully saturated rings. The molecule has 0 saturated heterocycles. The lowest BCUT2D eigenvalue weighted by Crippen LogP contribution is -2.10. The minimum Gasteiger partial charge on any atom is -0.497 e. The molecule has 0 bridgehead atoms. The molecule has 0 aliphatic carbocycles. The lowest BCUT2D eigenvalue weighted by atomic mass is 10.0. The highest BCUT2D eigenvalue weighted by Gasteiger charge is 2.19. The average Bonchev–Trinajstić information content (AvgIpc) is 2.55. The first-order valence-corrected chi connectivity index (χ1v) is 6.99. The van der Waals surface area contributed by atoms with Crippen LogP contribution >= 0.6 is 0 Å². The number of fused-ring (bicyclic) bond motifs is 1. The van der Waals surface area contributed by atoms with E-state index in [-0.39, 0.29) is 11.3 Å². The summed E-state index contributed by atoms with van der Waals surface area (Å²) in [5.41, 5.74) is 0.597. The van der Waals surface area contributed by atoms with Crippen molar-refractivity contribution in [2.45, 2.75) is 6.92 Å². The third-order valence-corrected chi connectivity index (χ3v) is 3.39. The van der Waals surface area contributed by atoms with E-state index in [1.807, 2.05) is 0 Å². The largest absolute Gasteiger partial charge is 0.497 e. The van der Waals surface area contributed by atoms with E-state index in [1.54, 1.807) is 55.6 Å². The van der Waals surface area contributed by atoms with E-state index in [9.17, 15) is 9.59 Å². The monoisotopic (exact) mass is 310 g/mol. The van der Waals surface area contributed by atoms with Gasteiger partial charge in [0.05, 0.1) is 12.5 Å². The molecule has 1 aromatic heterocycles. The molecule has 0 unspecified atom stereocenters. The van der Waals surface area contributed by atoms with Gasteiger partial charge in [0.15, 0.2) is 5.75 Å². The fourth-order valence-corrected chi connectivity index (χ4v) is 2.38. The van der Waals surface area contributed by atoms with Crippen molar-refractivity contribution in [3.05, 3.63) is 59.0 Å². The van der Waals surface area contributed by atoms with Gasteiger partial charge in [-0.2, -0.15) is 0 Å². The number of esters is 1. The first-order valence-electron chi connectivity index (χ1n) is 6.99. The molecule has 0 radical (unpaired) electrons. The summed E-state index contributed by atoms with van der Waals surface area (Å²) in [6, 6.07) is 13.8. The van der Waals surface area contributed by atoms with Crippen LogP contribution in [0.2, 0.25) is 0 Å². The fourth-order valence-electron chi connectivity index (χ4n) is 2.38. The minimum atomic E-state index is -0.565. The molecule has 0 aliphatic heterocycles. The first kappa shape index (κ1) is 14.8. The number of hydrogen-bond acceptors (Lipinski definition) is 5. The molecule has 0 aliphatic rings. The van der Waals surface area contributed by atoms with Crippen LogP contribution < -0.4 is 15.1 Å². The maximum Gasteiger partial charge on any atom is 0.348 e. The van der Waals surface area contributed by atoms with Crippen LogP contribution in [0.4, 0.5) is 0 Å². The Labute approximate surface area is 132 Å². The van der Waals surface area contributed by atoms with Crippen LogP contribution in [-0.4, -0.2) is 13.1 Å². The van der Waals surface area contributed by atoms with Crippen molar-refractivity contribution in [1.82, 2.24) is 0 Å². The number of carbonyl (C=O) groups is 1. The Bertz CT molecular complexity index is 922. The standard InChI is InChI=1S/C18H14O5/c1-11(19)22-17-14-5-3-4-6-15(14)23-18(20)16(17)12-7-9-13(21-2)10-8-12/h3-10H,1-2H3. The zero-order valence-electron chi connectivity index (χ0n) is 12.7. The Hall–Kier alpha value is -3.08. The highest BCUT2D eigenvalue weighted by atomic mass is 16.5. The van der Waals surface area contributed by atoms with Crippen LogP contribution in [0.3, 0.4) is 0 Å². The Balaban J connectivity index is 2.31. The van der Waals surface area contributed by atoms with Crippen LogP contribution in [0.25, 0.3) is 22.1 Å². The van der Waals surface area contributed by atoms with Gasteiger partial charge in [0.25, 0.3) is 0 Å². The summed E-state index contributed by atoms with van der Waals surface area (Å²) >= 11 is 0. The minimum absolute atomic E-state index is 0.203. The normalized spacial score (nSPS) is 10.5. The molecule has 3 aromatic rings. The number of methoxy groups -OCH3 is 1. The highest BCUT2D eigenvalue weighted by molar-refractivity contribution is 5.92. The molecule has 1 heterocycles. The van der Waals surface area contributed by atoms with Crippen molar-refractivity contribution >= 4 is 16.9 Å². The summed E-state index contributed by atoms with van der Waals surface area (Å²) < 4.78 is 15.8. The highest BCUT2D eigenvalue weighted by Crippen LogP contribution is 2.34. The molecule has 0 saturated carbocycles. The number of rotatable bonds is 3. The number of benzene rings is 2. The van der Waals surface area contributed by atoms with Gasteiger partial charge in [0.2, 0.25) is 0 Å². The molecule has 3 rings (SSSR count). The van der Waals surface area contributed by atoms with Crippen LogP contribution in [-0.2, 0) is 4.79 Å². The van der Waals surface area contributed by atoms with E-state index in [4.69, 9.17) is 13.9 Å². The molecular formula is C18H14O5. The zero-order valence-corrected chi connectivity index (χ0v) is 12.7. The predicted molar refractivity (Wildman–Crippen MR) is 85.8 cm³/mol. The molecule has 5 heteroatoms. The molecule has 0 N–H and O–H groups in total. The first-order chi connectivity index (χ1) is 11.1. The van der Waals surface area contributed by atoms with Crippen molar-refractivity contribution in [2.75, 3.05) is 7.11 Å². The van der Waals surface area contributed by atoms with Crippen LogP contribution in [0.1, 0.15) is 6.92 Å². The topological polar surface area (TPSA) is 65.7 Å². The van der Waals surface area contributed by atoms with Gasteiger partial charge < -0.3 is 13.9 Å². The molecule has 23 heavy (non-hydrogen) atoms. The Morgan fingerprint density at radius 2 is 1.74 bits per heavy atom. The second-order valence-corrected chi connectivity index (χ2v) is 4.91. The molecule has 0 atom stereocenters. The van der Waals surface area contributed by atoms with Gasteiger partial charge in [-0.15, -0.1) is 0 Å². The van der Waals surface area contributed by atoms with E-state index >= 15 is 0 Å². The van der Waals surface area contributed by atoms with E-state index in [2.05, 4.69) is 0 Å². The van der Waals surface area contributed by atoms with E-state index in [1.165, 1.54) is 6.92 Å².